The van der Waals surface area contributed by atoms with Gasteiger partial charge < -0.3 is 5.11 Å². The molecule has 17 heavy (non-hydrogen) atoms. The van der Waals surface area contributed by atoms with Gasteiger partial charge in [-0.2, -0.15) is 0 Å². The van der Waals surface area contributed by atoms with Gasteiger partial charge in [-0.1, -0.05) is 18.2 Å². The lowest BCUT2D eigenvalue weighted by Crippen LogP contribution is -2.36. The van der Waals surface area contributed by atoms with Gasteiger partial charge in [0.2, 0.25) is 0 Å². The second kappa shape index (κ2) is 6.80. The molecule has 0 heterocycles. The molecule has 0 aromatic rings. The molecule has 1 nitrogen and oxygen atoms in total. The summed E-state index contributed by atoms with van der Waals surface area (Å²) in [5, 5.41) is 9.75. The molecule has 96 valence electrons. The van der Waals surface area contributed by atoms with E-state index in [1.54, 1.807) is 0 Å². The van der Waals surface area contributed by atoms with Crippen molar-refractivity contribution in [3.05, 3.63) is 38.0 Å². The van der Waals surface area contributed by atoms with Crippen molar-refractivity contribution < 1.29 is 5.11 Å². The van der Waals surface area contributed by atoms with E-state index >= 15 is 0 Å². The largest absolute Gasteiger partial charge is 0.396 e. The van der Waals surface area contributed by atoms with Crippen molar-refractivity contribution in [3.63, 3.8) is 0 Å². The minimum absolute atomic E-state index is 0.0569. The SMILES string of the molecule is C=CCC1CC(CC=C)CC(CO)(CC=C)C1. The van der Waals surface area contributed by atoms with Gasteiger partial charge in [0.1, 0.15) is 0 Å². The zero-order chi connectivity index (χ0) is 12.7. The summed E-state index contributed by atoms with van der Waals surface area (Å²) >= 11 is 0. The van der Waals surface area contributed by atoms with E-state index in [9.17, 15) is 5.11 Å². The van der Waals surface area contributed by atoms with E-state index in [1.165, 1.54) is 6.42 Å². The van der Waals surface area contributed by atoms with Crippen LogP contribution in [-0.4, -0.2) is 11.7 Å². The fourth-order valence-electron chi connectivity index (χ4n) is 3.44. The van der Waals surface area contributed by atoms with Gasteiger partial charge in [-0.05, 0) is 55.8 Å². The fraction of sp³-hybridized carbons (Fsp3) is 0.625. The molecule has 0 spiro atoms. The Labute approximate surface area is 106 Å². The molecular formula is C16H26O. The summed E-state index contributed by atoms with van der Waals surface area (Å²) in [5.41, 5.74) is 0.0569. The van der Waals surface area contributed by atoms with Crippen LogP contribution in [0.2, 0.25) is 0 Å². The minimum atomic E-state index is 0.0569. The van der Waals surface area contributed by atoms with Crippen molar-refractivity contribution in [2.75, 3.05) is 6.61 Å². The molecule has 0 aliphatic heterocycles. The molecule has 0 aromatic heterocycles. The third-order valence-corrected chi connectivity index (χ3v) is 4.02. The second-order valence-corrected chi connectivity index (χ2v) is 5.58. The van der Waals surface area contributed by atoms with Crippen LogP contribution in [0.25, 0.3) is 0 Å². The summed E-state index contributed by atoms with van der Waals surface area (Å²) in [7, 11) is 0. The molecule has 1 N–H and O–H groups in total. The van der Waals surface area contributed by atoms with Gasteiger partial charge in [0, 0.05) is 6.61 Å². The first-order chi connectivity index (χ1) is 8.19. The average Bonchev–Trinajstić information content (AvgIpc) is 2.30. The van der Waals surface area contributed by atoms with Gasteiger partial charge in [0.25, 0.3) is 0 Å². The third kappa shape index (κ3) is 3.85. The number of hydrogen-bond acceptors (Lipinski definition) is 1. The number of allylic oxidation sites excluding steroid dienone is 3. The van der Waals surface area contributed by atoms with E-state index in [4.69, 9.17) is 0 Å². The Kier molecular flexibility index (Phi) is 5.70. The van der Waals surface area contributed by atoms with E-state index in [-0.39, 0.29) is 12.0 Å². The van der Waals surface area contributed by atoms with E-state index in [0.717, 1.165) is 32.1 Å². The van der Waals surface area contributed by atoms with E-state index < -0.39 is 0 Å². The van der Waals surface area contributed by atoms with Crippen molar-refractivity contribution in [2.45, 2.75) is 38.5 Å². The molecule has 1 saturated carbocycles. The summed E-state index contributed by atoms with van der Waals surface area (Å²) in [5.74, 6) is 1.33. The molecule has 1 heteroatoms. The van der Waals surface area contributed by atoms with E-state index in [2.05, 4.69) is 19.7 Å². The van der Waals surface area contributed by atoms with Gasteiger partial charge in [0.05, 0.1) is 0 Å². The smallest absolute Gasteiger partial charge is 0.0490 e. The Morgan fingerprint density at radius 3 is 1.88 bits per heavy atom. The first kappa shape index (κ1) is 14.2. The Morgan fingerprint density at radius 2 is 1.53 bits per heavy atom. The molecule has 1 aliphatic carbocycles. The Hall–Kier alpha value is -0.820. The van der Waals surface area contributed by atoms with Gasteiger partial charge in [-0.25, -0.2) is 0 Å². The minimum Gasteiger partial charge on any atom is -0.396 e. The highest BCUT2D eigenvalue weighted by atomic mass is 16.3. The zero-order valence-electron chi connectivity index (χ0n) is 10.9. The number of aliphatic hydroxyl groups is 1. The molecule has 2 unspecified atom stereocenters. The standard InChI is InChI=1S/C16H26O/c1-4-7-14-10-15(8-5-2)12-16(11-14,13-17)9-6-3/h4-6,14-15,17H,1-3,7-13H2. The highest BCUT2D eigenvalue weighted by Gasteiger charge is 2.38. The summed E-state index contributed by atoms with van der Waals surface area (Å²) in [4.78, 5) is 0. The Morgan fingerprint density at radius 1 is 1.00 bits per heavy atom. The zero-order valence-corrected chi connectivity index (χ0v) is 10.9. The van der Waals surface area contributed by atoms with Gasteiger partial charge in [0.15, 0.2) is 0 Å². The van der Waals surface area contributed by atoms with Crippen molar-refractivity contribution >= 4 is 0 Å². The monoisotopic (exact) mass is 234 g/mol. The molecule has 1 rings (SSSR count). The van der Waals surface area contributed by atoms with Gasteiger partial charge in [-0.3, -0.25) is 0 Å². The van der Waals surface area contributed by atoms with Crippen LogP contribution in [0.15, 0.2) is 38.0 Å². The number of rotatable bonds is 7. The highest BCUT2D eigenvalue weighted by molar-refractivity contribution is 4.96. The van der Waals surface area contributed by atoms with Crippen LogP contribution in [0.1, 0.15) is 38.5 Å². The number of hydrogen-bond donors (Lipinski definition) is 1. The third-order valence-electron chi connectivity index (χ3n) is 4.02. The summed E-state index contributed by atoms with van der Waals surface area (Å²) in [6, 6.07) is 0. The van der Waals surface area contributed by atoms with Gasteiger partial charge >= 0.3 is 0 Å². The molecule has 2 atom stereocenters. The van der Waals surface area contributed by atoms with Crippen molar-refractivity contribution in [3.8, 4) is 0 Å². The molecule has 0 bridgehead atoms. The normalized spacial score (nSPS) is 33.0. The molecule has 1 aliphatic rings. The fourth-order valence-corrected chi connectivity index (χ4v) is 3.44. The van der Waals surface area contributed by atoms with Gasteiger partial charge in [-0.15, -0.1) is 19.7 Å². The van der Waals surface area contributed by atoms with E-state index in [0.29, 0.717) is 11.8 Å². The quantitative estimate of drug-likeness (QED) is 0.657. The maximum absolute atomic E-state index is 9.75. The Balaban J connectivity index is 2.77. The second-order valence-electron chi connectivity index (χ2n) is 5.58. The van der Waals surface area contributed by atoms with Crippen LogP contribution in [0, 0.1) is 17.3 Å². The maximum atomic E-state index is 9.75. The highest BCUT2D eigenvalue weighted by Crippen LogP contribution is 2.46. The molecule has 0 aromatic carbocycles. The van der Waals surface area contributed by atoms with Crippen LogP contribution < -0.4 is 0 Å². The predicted molar refractivity (Wildman–Crippen MR) is 74.8 cm³/mol. The topological polar surface area (TPSA) is 20.2 Å². The summed E-state index contributed by atoms with van der Waals surface area (Å²) in [6.45, 7) is 11.8. The van der Waals surface area contributed by atoms with E-state index in [1.807, 2.05) is 18.2 Å². The molecule has 0 radical (unpaired) electrons. The lowest BCUT2D eigenvalue weighted by molar-refractivity contribution is 0.0318. The molecule has 1 fully saturated rings. The van der Waals surface area contributed by atoms with Crippen molar-refractivity contribution in [2.24, 2.45) is 17.3 Å². The molecular weight excluding hydrogens is 208 g/mol. The van der Waals surface area contributed by atoms with Crippen LogP contribution in [-0.2, 0) is 0 Å². The summed E-state index contributed by atoms with van der Waals surface area (Å²) < 4.78 is 0. The summed E-state index contributed by atoms with van der Waals surface area (Å²) in [6.07, 6.45) is 12.5. The molecule has 0 amide bonds. The van der Waals surface area contributed by atoms with Crippen molar-refractivity contribution in [1.82, 2.24) is 0 Å². The van der Waals surface area contributed by atoms with Crippen LogP contribution in [0.4, 0.5) is 0 Å². The first-order valence-electron chi connectivity index (χ1n) is 6.63. The van der Waals surface area contributed by atoms with Crippen LogP contribution >= 0.6 is 0 Å². The lowest BCUT2D eigenvalue weighted by Gasteiger charge is -2.43. The number of aliphatic hydroxyl groups excluding tert-OH is 1. The lowest BCUT2D eigenvalue weighted by atomic mass is 9.63. The molecule has 0 saturated heterocycles. The van der Waals surface area contributed by atoms with Crippen molar-refractivity contribution in [1.29, 1.82) is 0 Å². The average molecular weight is 234 g/mol. The Bertz CT molecular complexity index is 249. The first-order valence-corrected chi connectivity index (χ1v) is 6.63. The maximum Gasteiger partial charge on any atom is 0.0490 e. The van der Waals surface area contributed by atoms with Crippen LogP contribution in [0.5, 0.6) is 0 Å². The van der Waals surface area contributed by atoms with Crippen LogP contribution in [0.3, 0.4) is 0 Å². The predicted octanol–water partition coefficient (Wildman–Crippen LogP) is 4.11.